The van der Waals surface area contributed by atoms with Crippen LogP contribution < -0.4 is 0 Å². The van der Waals surface area contributed by atoms with E-state index in [1.54, 1.807) is 5.70 Å². The molecule has 2 rings (SSSR count). The van der Waals surface area contributed by atoms with Gasteiger partial charge < -0.3 is 9.33 Å². The topological polar surface area (TPSA) is 12.5 Å². The molecule has 0 aromatic carbocycles. The molecule has 0 saturated carbocycles. The van der Waals surface area contributed by atoms with Crippen LogP contribution in [0.15, 0.2) is 11.8 Å². The molecule has 1 saturated heterocycles. The first-order valence-corrected chi connectivity index (χ1v) is 10.6. The van der Waals surface area contributed by atoms with Crippen molar-refractivity contribution < 1.29 is 4.43 Å². The Morgan fingerprint density at radius 2 is 2.12 bits per heavy atom. The molecule has 0 N–H and O–H groups in total. The van der Waals surface area contributed by atoms with Crippen LogP contribution in [0.3, 0.4) is 0 Å². The maximum absolute atomic E-state index is 6.10. The van der Waals surface area contributed by atoms with E-state index >= 15 is 0 Å². The molecule has 0 radical (unpaired) electrons. The Kier molecular flexibility index (Phi) is 4.31. The zero-order chi connectivity index (χ0) is 12.3. The highest BCUT2D eigenvalue weighted by Crippen LogP contribution is 2.29. The normalized spacial score (nSPS) is 26.2. The molecule has 0 spiro atoms. The van der Waals surface area contributed by atoms with Crippen LogP contribution in [0, 0.1) is 0 Å². The molecule has 3 heteroatoms. The fourth-order valence-electron chi connectivity index (χ4n) is 2.82. The molecule has 1 aliphatic carbocycles. The summed E-state index contributed by atoms with van der Waals surface area (Å²) in [4.78, 5) is 2.64. The van der Waals surface area contributed by atoms with Crippen LogP contribution in [0.2, 0.25) is 19.6 Å². The summed E-state index contributed by atoms with van der Waals surface area (Å²) in [6, 6.07) is 0.658. The smallest absolute Gasteiger partial charge is 0.183 e. The summed E-state index contributed by atoms with van der Waals surface area (Å²) in [6.07, 6.45) is 10.5. The third kappa shape index (κ3) is 3.85. The van der Waals surface area contributed by atoms with E-state index in [9.17, 15) is 0 Å². The minimum absolute atomic E-state index is 0.658. The average Bonchev–Trinajstić information content (AvgIpc) is 2.75. The molecule has 0 bridgehead atoms. The molecule has 0 amide bonds. The lowest BCUT2D eigenvalue weighted by Crippen LogP contribution is -2.37. The Balaban J connectivity index is 1.90. The molecule has 1 heterocycles. The van der Waals surface area contributed by atoms with Gasteiger partial charge in [-0.3, -0.25) is 0 Å². The van der Waals surface area contributed by atoms with E-state index in [4.69, 9.17) is 4.43 Å². The third-order valence-electron chi connectivity index (χ3n) is 3.72. The lowest BCUT2D eigenvalue weighted by atomic mass is 10.0. The van der Waals surface area contributed by atoms with E-state index in [2.05, 4.69) is 30.6 Å². The second kappa shape index (κ2) is 5.57. The quantitative estimate of drug-likeness (QED) is 0.707. The lowest BCUT2D eigenvalue weighted by Gasteiger charge is -2.32. The lowest BCUT2D eigenvalue weighted by molar-refractivity contribution is 0.192. The van der Waals surface area contributed by atoms with Crippen molar-refractivity contribution in [2.75, 3.05) is 13.2 Å². The molecule has 0 unspecified atom stereocenters. The van der Waals surface area contributed by atoms with E-state index in [-0.39, 0.29) is 0 Å². The van der Waals surface area contributed by atoms with E-state index in [0.29, 0.717) is 6.04 Å². The predicted octanol–water partition coefficient (Wildman–Crippen LogP) is 3.76. The summed E-state index contributed by atoms with van der Waals surface area (Å²) in [5.74, 6) is 0. The zero-order valence-electron chi connectivity index (χ0n) is 11.7. The van der Waals surface area contributed by atoms with Gasteiger partial charge in [0.15, 0.2) is 8.32 Å². The van der Waals surface area contributed by atoms with Gasteiger partial charge in [-0.1, -0.05) is 6.08 Å². The fourth-order valence-corrected chi connectivity index (χ4v) is 3.51. The number of rotatable bonds is 4. The maximum atomic E-state index is 6.10. The molecule has 2 aliphatic rings. The van der Waals surface area contributed by atoms with Crippen LogP contribution in [0.1, 0.15) is 38.5 Å². The van der Waals surface area contributed by atoms with Crippen LogP contribution in [-0.2, 0) is 4.43 Å². The highest BCUT2D eigenvalue weighted by molar-refractivity contribution is 6.69. The van der Waals surface area contributed by atoms with Gasteiger partial charge in [0.05, 0.1) is 12.6 Å². The molecule has 98 valence electrons. The first-order valence-electron chi connectivity index (χ1n) is 7.16. The Morgan fingerprint density at radius 1 is 1.29 bits per heavy atom. The van der Waals surface area contributed by atoms with E-state index in [1.807, 2.05) is 0 Å². The summed E-state index contributed by atoms with van der Waals surface area (Å²) < 4.78 is 6.10. The molecule has 1 aliphatic heterocycles. The second-order valence-corrected chi connectivity index (χ2v) is 10.9. The maximum Gasteiger partial charge on any atom is 0.183 e. The van der Waals surface area contributed by atoms with Crippen molar-refractivity contribution in [3.63, 3.8) is 0 Å². The number of hydrogen-bond donors (Lipinski definition) is 0. The van der Waals surface area contributed by atoms with Crippen molar-refractivity contribution in [1.82, 2.24) is 4.90 Å². The van der Waals surface area contributed by atoms with Gasteiger partial charge in [0.1, 0.15) is 0 Å². The summed E-state index contributed by atoms with van der Waals surface area (Å²) in [5.41, 5.74) is 1.61. The van der Waals surface area contributed by atoms with Gasteiger partial charge in [0, 0.05) is 12.2 Å². The minimum Gasteiger partial charge on any atom is -0.416 e. The molecule has 2 nitrogen and oxygen atoms in total. The summed E-state index contributed by atoms with van der Waals surface area (Å²) >= 11 is 0. The fraction of sp³-hybridized carbons (Fsp3) is 0.857. The van der Waals surface area contributed by atoms with Gasteiger partial charge in [-0.25, -0.2) is 0 Å². The molecule has 0 aromatic heterocycles. The average molecular weight is 253 g/mol. The SMILES string of the molecule is C[Si](C)(C)OC[C@H]1CCCN1C1=CCCCC1. The molecular weight excluding hydrogens is 226 g/mol. The summed E-state index contributed by atoms with van der Waals surface area (Å²) in [5, 5.41) is 0. The molecule has 1 atom stereocenters. The highest BCUT2D eigenvalue weighted by Gasteiger charge is 2.28. The Hall–Kier alpha value is -0.283. The molecule has 0 aromatic rings. The Morgan fingerprint density at radius 3 is 2.76 bits per heavy atom. The molecular formula is C14H27NOSi. The van der Waals surface area contributed by atoms with Crippen LogP contribution in [0.25, 0.3) is 0 Å². The van der Waals surface area contributed by atoms with Gasteiger partial charge in [-0.15, -0.1) is 0 Å². The van der Waals surface area contributed by atoms with E-state index in [1.165, 1.54) is 45.1 Å². The summed E-state index contributed by atoms with van der Waals surface area (Å²) in [7, 11) is -1.35. The monoisotopic (exact) mass is 253 g/mol. The van der Waals surface area contributed by atoms with Gasteiger partial charge in [-0.05, 0) is 58.2 Å². The van der Waals surface area contributed by atoms with Crippen molar-refractivity contribution in [1.29, 1.82) is 0 Å². The van der Waals surface area contributed by atoms with Crippen molar-refractivity contribution in [3.8, 4) is 0 Å². The van der Waals surface area contributed by atoms with Crippen LogP contribution in [0.4, 0.5) is 0 Å². The number of nitrogens with zero attached hydrogens (tertiary/aromatic N) is 1. The van der Waals surface area contributed by atoms with Gasteiger partial charge in [-0.2, -0.15) is 0 Å². The van der Waals surface area contributed by atoms with E-state index < -0.39 is 8.32 Å². The summed E-state index contributed by atoms with van der Waals surface area (Å²) in [6.45, 7) is 9.06. The number of hydrogen-bond acceptors (Lipinski definition) is 2. The van der Waals surface area contributed by atoms with Gasteiger partial charge in [0.25, 0.3) is 0 Å². The Bertz CT molecular complexity index is 282. The largest absolute Gasteiger partial charge is 0.416 e. The van der Waals surface area contributed by atoms with Crippen molar-refractivity contribution in [2.24, 2.45) is 0 Å². The van der Waals surface area contributed by atoms with E-state index in [0.717, 1.165) is 6.61 Å². The van der Waals surface area contributed by atoms with Crippen LogP contribution in [0.5, 0.6) is 0 Å². The Labute approximate surface area is 107 Å². The highest BCUT2D eigenvalue weighted by atomic mass is 28.4. The predicted molar refractivity (Wildman–Crippen MR) is 75.6 cm³/mol. The molecule has 1 fully saturated rings. The van der Waals surface area contributed by atoms with Crippen molar-refractivity contribution in [2.45, 2.75) is 64.2 Å². The number of likely N-dealkylation sites (tertiary alicyclic amines) is 1. The first kappa shape index (κ1) is 13.2. The van der Waals surface area contributed by atoms with Crippen LogP contribution >= 0.6 is 0 Å². The number of allylic oxidation sites excluding steroid dienone is 2. The van der Waals surface area contributed by atoms with Crippen LogP contribution in [-0.4, -0.2) is 32.4 Å². The van der Waals surface area contributed by atoms with Gasteiger partial charge in [0.2, 0.25) is 0 Å². The third-order valence-corrected chi connectivity index (χ3v) is 4.75. The first-order chi connectivity index (χ1) is 8.06. The van der Waals surface area contributed by atoms with Crippen molar-refractivity contribution in [3.05, 3.63) is 11.8 Å². The standard InChI is InChI=1S/C14H27NOSi/c1-17(2,3)16-12-14-10-7-11-15(14)13-8-5-4-6-9-13/h8,14H,4-7,9-12H2,1-3H3/t14-/m1/s1. The molecule has 17 heavy (non-hydrogen) atoms. The van der Waals surface area contributed by atoms with Crippen molar-refractivity contribution >= 4 is 8.32 Å². The van der Waals surface area contributed by atoms with Gasteiger partial charge >= 0.3 is 0 Å². The second-order valence-electron chi connectivity index (χ2n) is 6.35. The minimum atomic E-state index is -1.35. The zero-order valence-corrected chi connectivity index (χ0v) is 12.7.